The summed E-state index contributed by atoms with van der Waals surface area (Å²) in [5.74, 6) is 1.94. The molecule has 1 aliphatic carbocycles. The summed E-state index contributed by atoms with van der Waals surface area (Å²) in [4.78, 5) is 0. The first kappa shape index (κ1) is 11.7. The van der Waals surface area contributed by atoms with Crippen molar-refractivity contribution in [2.45, 2.75) is 51.6 Å². The summed E-state index contributed by atoms with van der Waals surface area (Å²) in [5.41, 5.74) is 6.87. The van der Waals surface area contributed by atoms with Crippen LogP contribution in [0, 0.1) is 6.92 Å². The number of furan rings is 1. The standard InChI is InChI=1S/C13H22N2O/c1-10-11(8-13(9-14)16-10)4-2-3-7-15-12-5-6-12/h8,12,15H,2-7,9,14H2,1H3. The Morgan fingerprint density at radius 2 is 2.25 bits per heavy atom. The molecule has 0 spiro atoms. The summed E-state index contributed by atoms with van der Waals surface area (Å²) in [7, 11) is 0. The van der Waals surface area contributed by atoms with E-state index in [0.717, 1.165) is 30.5 Å². The van der Waals surface area contributed by atoms with E-state index in [1.54, 1.807) is 0 Å². The van der Waals surface area contributed by atoms with Crippen molar-refractivity contribution in [3.63, 3.8) is 0 Å². The van der Waals surface area contributed by atoms with Gasteiger partial charge in [0.15, 0.2) is 0 Å². The zero-order chi connectivity index (χ0) is 11.4. The summed E-state index contributed by atoms with van der Waals surface area (Å²) in [5, 5.41) is 3.53. The van der Waals surface area contributed by atoms with Crippen LogP contribution in [0.3, 0.4) is 0 Å². The molecule has 0 radical (unpaired) electrons. The van der Waals surface area contributed by atoms with Crippen LogP contribution in [0.1, 0.15) is 42.8 Å². The van der Waals surface area contributed by atoms with Gasteiger partial charge < -0.3 is 15.5 Å². The number of hydrogen-bond donors (Lipinski definition) is 2. The first-order valence-electron chi connectivity index (χ1n) is 6.31. The second-order valence-electron chi connectivity index (χ2n) is 4.68. The molecule has 3 heteroatoms. The van der Waals surface area contributed by atoms with Crippen molar-refractivity contribution in [2.75, 3.05) is 6.54 Å². The lowest BCUT2D eigenvalue weighted by molar-refractivity contribution is 0.482. The maximum absolute atomic E-state index is 5.54. The van der Waals surface area contributed by atoms with Gasteiger partial charge in [-0.2, -0.15) is 0 Å². The van der Waals surface area contributed by atoms with E-state index in [9.17, 15) is 0 Å². The molecule has 1 heterocycles. The van der Waals surface area contributed by atoms with Crippen LogP contribution < -0.4 is 11.1 Å². The molecule has 1 aromatic heterocycles. The number of aryl methyl sites for hydroxylation is 2. The Bertz CT molecular complexity index is 329. The van der Waals surface area contributed by atoms with Crippen molar-refractivity contribution in [1.29, 1.82) is 0 Å². The molecule has 0 unspecified atom stereocenters. The molecule has 0 amide bonds. The van der Waals surface area contributed by atoms with Gasteiger partial charge in [0, 0.05) is 6.04 Å². The van der Waals surface area contributed by atoms with Gasteiger partial charge in [0.05, 0.1) is 6.54 Å². The van der Waals surface area contributed by atoms with Crippen LogP contribution in [0.2, 0.25) is 0 Å². The lowest BCUT2D eigenvalue weighted by Gasteiger charge is -2.02. The lowest BCUT2D eigenvalue weighted by Crippen LogP contribution is -2.17. The van der Waals surface area contributed by atoms with E-state index in [2.05, 4.69) is 11.4 Å². The highest BCUT2D eigenvalue weighted by Crippen LogP contribution is 2.19. The number of unbranched alkanes of at least 4 members (excludes halogenated alkanes) is 1. The van der Waals surface area contributed by atoms with Crippen LogP contribution >= 0.6 is 0 Å². The summed E-state index contributed by atoms with van der Waals surface area (Å²) in [6.07, 6.45) is 6.34. The van der Waals surface area contributed by atoms with Gasteiger partial charge in [-0.25, -0.2) is 0 Å². The quantitative estimate of drug-likeness (QED) is 0.695. The van der Waals surface area contributed by atoms with Crippen LogP contribution in [0.25, 0.3) is 0 Å². The van der Waals surface area contributed by atoms with Gasteiger partial charge in [-0.3, -0.25) is 0 Å². The Morgan fingerprint density at radius 1 is 1.44 bits per heavy atom. The molecular weight excluding hydrogens is 200 g/mol. The highest BCUT2D eigenvalue weighted by Gasteiger charge is 2.19. The van der Waals surface area contributed by atoms with Gasteiger partial charge in [0.25, 0.3) is 0 Å². The summed E-state index contributed by atoms with van der Waals surface area (Å²) >= 11 is 0. The predicted molar refractivity (Wildman–Crippen MR) is 65.3 cm³/mol. The van der Waals surface area contributed by atoms with Crippen LogP contribution in [-0.2, 0) is 13.0 Å². The van der Waals surface area contributed by atoms with Gasteiger partial charge in [-0.15, -0.1) is 0 Å². The van der Waals surface area contributed by atoms with Crippen molar-refractivity contribution < 1.29 is 4.42 Å². The Labute approximate surface area is 97.4 Å². The van der Waals surface area contributed by atoms with Crippen molar-refractivity contribution in [2.24, 2.45) is 5.73 Å². The molecule has 2 rings (SSSR count). The predicted octanol–water partition coefficient (Wildman–Crippen LogP) is 2.12. The average Bonchev–Trinajstić information content (AvgIpc) is 3.03. The molecule has 1 aromatic rings. The van der Waals surface area contributed by atoms with Crippen LogP contribution in [0.5, 0.6) is 0 Å². The van der Waals surface area contributed by atoms with Gasteiger partial charge in [-0.1, -0.05) is 0 Å². The van der Waals surface area contributed by atoms with Gasteiger partial charge >= 0.3 is 0 Å². The SMILES string of the molecule is Cc1oc(CN)cc1CCCCNC1CC1. The first-order chi connectivity index (χ1) is 7.79. The Morgan fingerprint density at radius 3 is 2.88 bits per heavy atom. The monoisotopic (exact) mass is 222 g/mol. The minimum atomic E-state index is 0.504. The molecule has 16 heavy (non-hydrogen) atoms. The second-order valence-corrected chi connectivity index (χ2v) is 4.68. The third kappa shape index (κ3) is 3.35. The molecule has 1 saturated carbocycles. The minimum absolute atomic E-state index is 0.504. The maximum Gasteiger partial charge on any atom is 0.118 e. The van der Waals surface area contributed by atoms with Crippen LogP contribution in [-0.4, -0.2) is 12.6 Å². The molecule has 3 nitrogen and oxygen atoms in total. The molecule has 0 bridgehead atoms. The number of nitrogens with one attached hydrogen (secondary N) is 1. The number of hydrogen-bond acceptors (Lipinski definition) is 3. The molecule has 0 saturated heterocycles. The van der Waals surface area contributed by atoms with E-state index in [0.29, 0.717) is 6.54 Å². The molecule has 0 aromatic carbocycles. The number of nitrogens with two attached hydrogens (primary N) is 1. The lowest BCUT2D eigenvalue weighted by atomic mass is 10.1. The summed E-state index contributed by atoms with van der Waals surface area (Å²) < 4.78 is 5.53. The topological polar surface area (TPSA) is 51.2 Å². The fourth-order valence-electron chi connectivity index (χ4n) is 1.97. The van der Waals surface area contributed by atoms with Gasteiger partial charge in [-0.05, 0) is 57.2 Å². The zero-order valence-corrected chi connectivity index (χ0v) is 10.1. The first-order valence-corrected chi connectivity index (χ1v) is 6.31. The molecule has 90 valence electrons. The fraction of sp³-hybridized carbons (Fsp3) is 0.692. The van der Waals surface area contributed by atoms with Crippen molar-refractivity contribution >= 4 is 0 Å². The van der Waals surface area contributed by atoms with Crippen molar-refractivity contribution in [1.82, 2.24) is 5.32 Å². The van der Waals surface area contributed by atoms with Crippen LogP contribution in [0.15, 0.2) is 10.5 Å². The third-order valence-corrected chi connectivity index (χ3v) is 3.16. The average molecular weight is 222 g/mol. The van der Waals surface area contributed by atoms with E-state index in [4.69, 9.17) is 10.2 Å². The molecular formula is C13H22N2O. The van der Waals surface area contributed by atoms with E-state index >= 15 is 0 Å². The molecule has 1 fully saturated rings. The highest BCUT2D eigenvalue weighted by atomic mass is 16.3. The Kier molecular flexibility index (Phi) is 4.02. The number of rotatable bonds is 7. The van der Waals surface area contributed by atoms with Crippen LogP contribution in [0.4, 0.5) is 0 Å². The van der Waals surface area contributed by atoms with E-state index in [-0.39, 0.29) is 0 Å². The molecule has 0 aliphatic heterocycles. The van der Waals surface area contributed by atoms with E-state index < -0.39 is 0 Å². The van der Waals surface area contributed by atoms with E-state index in [1.807, 2.05) is 6.92 Å². The highest BCUT2D eigenvalue weighted by molar-refractivity contribution is 5.20. The molecule has 1 aliphatic rings. The van der Waals surface area contributed by atoms with Crippen molar-refractivity contribution in [3.8, 4) is 0 Å². The zero-order valence-electron chi connectivity index (χ0n) is 10.1. The third-order valence-electron chi connectivity index (χ3n) is 3.16. The Balaban J connectivity index is 1.65. The van der Waals surface area contributed by atoms with Crippen molar-refractivity contribution in [3.05, 3.63) is 23.2 Å². The van der Waals surface area contributed by atoms with Gasteiger partial charge in [0.2, 0.25) is 0 Å². The smallest absolute Gasteiger partial charge is 0.118 e. The largest absolute Gasteiger partial charge is 0.465 e. The summed E-state index contributed by atoms with van der Waals surface area (Å²) in [6.45, 7) is 3.69. The summed E-state index contributed by atoms with van der Waals surface area (Å²) in [6, 6.07) is 2.93. The molecule has 3 N–H and O–H groups in total. The Hall–Kier alpha value is -0.800. The van der Waals surface area contributed by atoms with E-state index in [1.165, 1.54) is 31.2 Å². The fourth-order valence-corrected chi connectivity index (χ4v) is 1.97. The second kappa shape index (κ2) is 5.51. The minimum Gasteiger partial charge on any atom is -0.465 e. The van der Waals surface area contributed by atoms with Gasteiger partial charge in [0.1, 0.15) is 11.5 Å². The molecule has 0 atom stereocenters. The normalized spacial score (nSPS) is 15.6. The maximum atomic E-state index is 5.54.